The van der Waals surface area contributed by atoms with Gasteiger partial charge in [-0.05, 0) is 78.6 Å². The highest BCUT2D eigenvalue weighted by molar-refractivity contribution is 6.72. The summed E-state index contributed by atoms with van der Waals surface area (Å²) >= 11 is 0. The lowest BCUT2D eigenvalue weighted by atomic mass is 10.1. The highest BCUT2D eigenvalue weighted by atomic mass is 28.4. The Morgan fingerprint density at radius 3 is 1.00 bits per heavy atom. The number of hydrogen-bond donors (Lipinski definition) is 0. The van der Waals surface area contributed by atoms with Crippen LogP contribution >= 0.6 is 0 Å². The Kier molecular flexibility index (Phi) is 9.39. The van der Waals surface area contributed by atoms with Crippen molar-refractivity contribution in [2.45, 2.75) is 97.2 Å². The second-order valence-corrected chi connectivity index (χ2v) is 28.5. The van der Waals surface area contributed by atoms with Crippen LogP contribution in [0, 0.1) is 0 Å². The van der Waals surface area contributed by atoms with Gasteiger partial charge in [0.2, 0.25) is 16.6 Å². The molecule has 2 atom stereocenters. The molecule has 0 aliphatic heterocycles. The third kappa shape index (κ3) is 14.4. The lowest BCUT2D eigenvalue weighted by Gasteiger charge is -2.33. The van der Waals surface area contributed by atoms with Gasteiger partial charge in [0.25, 0.3) is 0 Å². The number of carbonyl (C=O) groups is 2. The van der Waals surface area contributed by atoms with Gasteiger partial charge in [0.15, 0.2) is 16.6 Å². The predicted octanol–water partition coefficient (Wildman–Crippen LogP) is 4.57. The Labute approximate surface area is 169 Å². The van der Waals surface area contributed by atoms with E-state index >= 15 is 0 Å². The molecule has 0 heterocycles. The summed E-state index contributed by atoms with van der Waals surface area (Å²) < 4.78 is 23.5. The summed E-state index contributed by atoms with van der Waals surface area (Å²) in [5.41, 5.74) is 0. The SMILES string of the molecule is C[Si](C)(C)OC(=O)[C@H](C[C@@H](O[Si](C)(C)C)C(=O)O[Si](C)(C)C)O[Si](C)(C)C. The maximum absolute atomic E-state index is 12.8. The van der Waals surface area contributed by atoms with Crippen molar-refractivity contribution in [3.05, 3.63) is 0 Å². The molecule has 0 aromatic heterocycles. The van der Waals surface area contributed by atoms with E-state index in [-0.39, 0.29) is 6.42 Å². The fraction of sp³-hybridized carbons (Fsp3) is 0.882. The first-order valence-electron chi connectivity index (χ1n) is 9.50. The topological polar surface area (TPSA) is 71.1 Å². The van der Waals surface area contributed by atoms with Gasteiger partial charge in [0, 0.05) is 6.42 Å². The van der Waals surface area contributed by atoms with E-state index in [0.717, 1.165) is 0 Å². The van der Waals surface area contributed by atoms with E-state index in [1.54, 1.807) is 0 Å². The molecule has 0 bridgehead atoms. The molecule has 27 heavy (non-hydrogen) atoms. The maximum atomic E-state index is 12.8. The smallest absolute Gasteiger partial charge is 0.320 e. The van der Waals surface area contributed by atoms with Crippen LogP contribution in [0.15, 0.2) is 0 Å². The van der Waals surface area contributed by atoms with Crippen molar-refractivity contribution in [3.8, 4) is 0 Å². The molecule has 0 N–H and O–H groups in total. The first-order chi connectivity index (χ1) is 11.7. The highest BCUT2D eigenvalue weighted by Crippen LogP contribution is 2.21. The zero-order valence-electron chi connectivity index (χ0n) is 19.3. The van der Waals surface area contributed by atoms with Crippen molar-refractivity contribution in [1.82, 2.24) is 0 Å². The zero-order valence-corrected chi connectivity index (χ0v) is 23.3. The average molecular weight is 453 g/mol. The van der Waals surface area contributed by atoms with Crippen molar-refractivity contribution >= 4 is 45.2 Å². The second-order valence-electron chi connectivity index (χ2n) is 10.7. The Morgan fingerprint density at radius 2 is 0.815 bits per heavy atom. The van der Waals surface area contributed by atoms with Crippen molar-refractivity contribution in [3.63, 3.8) is 0 Å². The summed E-state index contributed by atoms with van der Waals surface area (Å²) in [5.74, 6) is -0.803. The Hall–Kier alpha value is -0.272. The van der Waals surface area contributed by atoms with Crippen LogP contribution < -0.4 is 0 Å². The molecule has 0 aliphatic carbocycles. The van der Waals surface area contributed by atoms with E-state index in [1.165, 1.54) is 0 Å². The summed E-state index contributed by atoms with van der Waals surface area (Å²) in [5, 5.41) is 0. The molecule has 0 spiro atoms. The molecule has 6 nitrogen and oxygen atoms in total. The summed E-state index contributed by atoms with van der Waals surface area (Å²) in [6.07, 6.45) is -1.51. The first kappa shape index (κ1) is 26.7. The van der Waals surface area contributed by atoms with E-state index in [0.29, 0.717) is 0 Å². The van der Waals surface area contributed by atoms with E-state index < -0.39 is 57.4 Å². The summed E-state index contributed by atoms with van der Waals surface area (Å²) in [7, 11) is -8.23. The molecular weight excluding hydrogens is 413 g/mol. The minimum atomic E-state index is -2.08. The van der Waals surface area contributed by atoms with Crippen LogP contribution in [0.25, 0.3) is 0 Å². The van der Waals surface area contributed by atoms with Gasteiger partial charge in [-0.15, -0.1) is 0 Å². The van der Waals surface area contributed by atoms with Gasteiger partial charge in [0.05, 0.1) is 0 Å². The van der Waals surface area contributed by atoms with Gasteiger partial charge in [-0.2, -0.15) is 0 Å². The van der Waals surface area contributed by atoms with Crippen LogP contribution in [-0.4, -0.2) is 57.4 Å². The second kappa shape index (κ2) is 9.48. The standard InChI is InChI=1S/C17H40O6Si4/c1-24(2,3)20-14(16(18)22-26(7,8)9)13-15(21-25(4,5)6)17(19)23-27(10,11)12/h14-15H,13H2,1-12H3/t14-,15+. The number of carbonyl (C=O) groups excluding carboxylic acids is 2. The van der Waals surface area contributed by atoms with Crippen LogP contribution in [0.4, 0.5) is 0 Å². The van der Waals surface area contributed by atoms with Crippen LogP contribution in [0.3, 0.4) is 0 Å². The van der Waals surface area contributed by atoms with E-state index in [9.17, 15) is 9.59 Å². The molecule has 0 aromatic rings. The molecule has 0 fully saturated rings. The number of hydrogen-bond acceptors (Lipinski definition) is 6. The van der Waals surface area contributed by atoms with Crippen molar-refractivity contribution in [2.75, 3.05) is 0 Å². The molecule has 0 saturated heterocycles. The van der Waals surface area contributed by atoms with Gasteiger partial charge in [-0.25, -0.2) is 0 Å². The van der Waals surface area contributed by atoms with Crippen LogP contribution in [0.1, 0.15) is 6.42 Å². The Morgan fingerprint density at radius 1 is 0.556 bits per heavy atom. The highest BCUT2D eigenvalue weighted by Gasteiger charge is 2.38. The summed E-state index contributed by atoms with van der Waals surface area (Å²) in [4.78, 5) is 25.5. The molecule has 0 radical (unpaired) electrons. The molecule has 0 unspecified atom stereocenters. The fourth-order valence-electron chi connectivity index (χ4n) is 2.17. The average Bonchev–Trinajstić information content (AvgIpc) is 2.29. The van der Waals surface area contributed by atoms with Crippen molar-refractivity contribution < 1.29 is 27.3 Å². The molecule has 0 saturated carbocycles. The number of rotatable bonds is 10. The maximum Gasteiger partial charge on any atom is 0.320 e. The van der Waals surface area contributed by atoms with Crippen LogP contribution in [0.5, 0.6) is 0 Å². The predicted molar refractivity (Wildman–Crippen MR) is 120 cm³/mol. The summed E-state index contributed by atoms with van der Waals surface area (Å²) in [6.45, 7) is 23.8. The van der Waals surface area contributed by atoms with Gasteiger partial charge in [-0.3, -0.25) is 9.59 Å². The first-order valence-corrected chi connectivity index (χ1v) is 23.1. The van der Waals surface area contributed by atoms with E-state index in [1.807, 2.05) is 78.6 Å². The third-order valence-corrected chi connectivity index (χ3v) is 6.37. The minimum Gasteiger partial charge on any atom is -0.518 e. The summed E-state index contributed by atoms with van der Waals surface area (Å²) in [6, 6.07) is 0. The monoisotopic (exact) mass is 452 g/mol. The molecule has 10 heteroatoms. The van der Waals surface area contributed by atoms with Gasteiger partial charge < -0.3 is 17.7 Å². The zero-order chi connectivity index (χ0) is 21.8. The van der Waals surface area contributed by atoms with E-state index in [4.69, 9.17) is 17.7 Å². The third-order valence-electron chi connectivity index (χ3n) is 2.76. The van der Waals surface area contributed by atoms with Gasteiger partial charge >= 0.3 is 11.9 Å². The normalized spacial score (nSPS) is 15.9. The molecule has 0 aliphatic rings. The molecule has 160 valence electrons. The van der Waals surface area contributed by atoms with E-state index in [2.05, 4.69) is 0 Å². The van der Waals surface area contributed by atoms with Crippen LogP contribution in [0.2, 0.25) is 78.6 Å². The fourth-order valence-corrected chi connectivity index (χ4v) is 5.73. The Bertz CT molecular complexity index is 465. The quantitative estimate of drug-likeness (QED) is 0.452. The molecule has 0 rings (SSSR count). The molecule has 0 amide bonds. The molecule has 0 aromatic carbocycles. The minimum absolute atomic E-state index is 0.126. The lowest BCUT2D eigenvalue weighted by Crippen LogP contribution is -2.48. The Balaban J connectivity index is 5.61. The molecular formula is C17H40O6Si4. The van der Waals surface area contributed by atoms with Crippen molar-refractivity contribution in [2.24, 2.45) is 0 Å². The van der Waals surface area contributed by atoms with Gasteiger partial charge in [-0.1, -0.05) is 0 Å². The van der Waals surface area contributed by atoms with Crippen LogP contribution in [-0.2, 0) is 27.3 Å². The van der Waals surface area contributed by atoms with Gasteiger partial charge in [0.1, 0.15) is 12.2 Å². The van der Waals surface area contributed by atoms with Crippen molar-refractivity contribution in [1.29, 1.82) is 0 Å². The largest absolute Gasteiger partial charge is 0.518 e. The lowest BCUT2D eigenvalue weighted by molar-refractivity contribution is -0.149.